The third-order valence-electron chi connectivity index (χ3n) is 5.96. The van der Waals surface area contributed by atoms with Crippen LogP contribution in [0.2, 0.25) is 0 Å². The quantitative estimate of drug-likeness (QED) is 0.618. The van der Waals surface area contributed by atoms with Gasteiger partial charge in [0.05, 0.1) is 12.1 Å². The zero-order valence-electron chi connectivity index (χ0n) is 15.6. The number of likely N-dealkylation sites (tertiary alicyclic amines) is 2. The number of hydrogen-bond acceptors (Lipinski definition) is 5. The Balaban J connectivity index is 0.00000208. The normalized spacial score (nSPS) is 29.0. The summed E-state index contributed by atoms with van der Waals surface area (Å²) in [5.74, 6) is 0.0527. The fraction of sp³-hybridized carbons (Fsp3) is 0.941. The number of rotatable bonds is 4. The highest BCUT2D eigenvalue weighted by molar-refractivity contribution is 5.86. The van der Waals surface area contributed by atoms with Gasteiger partial charge in [-0.15, -0.1) is 37.2 Å². The molecule has 3 N–H and O–H groups in total. The van der Waals surface area contributed by atoms with Crippen LogP contribution in [0.4, 0.5) is 0 Å². The van der Waals surface area contributed by atoms with Gasteiger partial charge in [0, 0.05) is 18.6 Å². The molecule has 3 aliphatic rings. The van der Waals surface area contributed by atoms with Crippen LogP contribution in [0.25, 0.3) is 0 Å². The van der Waals surface area contributed by atoms with Gasteiger partial charge in [-0.3, -0.25) is 9.69 Å². The number of piperidine rings is 2. The zero-order chi connectivity index (χ0) is 16.3. The number of amides is 1. The average Bonchev–Trinajstić information content (AvgIpc) is 3.02. The summed E-state index contributed by atoms with van der Waals surface area (Å²) in [7, 11) is 2.18. The lowest BCUT2D eigenvalue weighted by Crippen LogP contribution is -2.62. The highest BCUT2D eigenvalue weighted by Gasteiger charge is 2.40. The van der Waals surface area contributed by atoms with Crippen LogP contribution in [0.3, 0.4) is 0 Å². The van der Waals surface area contributed by atoms with Crippen molar-refractivity contribution in [1.82, 2.24) is 20.4 Å². The molecule has 9 heteroatoms. The summed E-state index contributed by atoms with van der Waals surface area (Å²) in [5, 5.41) is 15.9. The molecule has 2 atom stereocenters. The van der Waals surface area contributed by atoms with Crippen LogP contribution >= 0.6 is 37.2 Å². The van der Waals surface area contributed by atoms with E-state index in [4.69, 9.17) is 0 Å². The summed E-state index contributed by atoms with van der Waals surface area (Å²) in [6, 6.07) is -0.227. The second kappa shape index (κ2) is 11.9. The number of β-amino-alcohol motifs (C(OH)–C–C–N with tert-alkyl or cyclic N) is 1. The molecule has 0 aromatic heterocycles. The summed E-state index contributed by atoms with van der Waals surface area (Å²) < 4.78 is 0. The summed E-state index contributed by atoms with van der Waals surface area (Å²) in [6.45, 7) is 5.81. The van der Waals surface area contributed by atoms with Crippen molar-refractivity contribution >= 4 is 43.1 Å². The Hall–Kier alpha value is 0.180. The largest absolute Gasteiger partial charge is 0.392 e. The summed E-state index contributed by atoms with van der Waals surface area (Å²) >= 11 is 0. The molecule has 6 nitrogen and oxygen atoms in total. The predicted octanol–water partition coefficient (Wildman–Crippen LogP) is 1.04. The third-order valence-corrected chi connectivity index (χ3v) is 5.96. The maximum absolute atomic E-state index is 12.4. The molecule has 26 heavy (non-hydrogen) atoms. The van der Waals surface area contributed by atoms with E-state index in [2.05, 4.69) is 27.5 Å². The van der Waals surface area contributed by atoms with Gasteiger partial charge >= 0.3 is 0 Å². The fourth-order valence-corrected chi connectivity index (χ4v) is 4.30. The van der Waals surface area contributed by atoms with Crippen LogP contribution in [0.5, 0.6) is 0 Å². The van der Waals surface area contributed by atoms with Crippen LogP contribution in [0.15, 0.2) is 0 Å². The summed E-state index contributed by atoms with van der Waals surface area (Å²) in [4.78, 5) is 17.4. The van der Waals surface area contributed by atoms with E-state index in [1.165, 1.54) is 32.4 Å². The standard InChI is InChI=1S/C17H32N4O2.3ClH/c1-20-9-5-17(6-10-20,21-7-3-2-4-8-21)13-19-16(23)15-11-14(22)12-18-15;;;/h14-15,18,22H,2-13H2,1H3,(H,19,23);3*1H. The first-order chi connectivity index (χ1) is 11.1. The van der Waals surface area contributed by atoms with Crippen molar-refractivity contribution in [3.63, 3.8) is 0 Å². The van der Waals surface area contributed by atoms with Gasteiger partial charge in [0.15, 0.2) is 0 Å². The SMILES string of the molecule is CN1CCC(CNC(=O)C2CC(O)CN2)(N2CCCCC2)CC1.Cl.Cl.Cl. The molecule has 3 aliphatic heterocycles. The summed E-state index contributed by atoms with van der Waals surface area (Å²) in [5.41, 5.74) is 0.125. The monoisotopic (exact) mass is 432 g/mol. The highest BCUT2D eigenvalue weighted by atomic mass is 35.5. The number of carbonyl (C=O) groups excluding carboxylic acids is 1. The Bertz CT molecular complexity index is 417. The first-order valence-electron chi connectivity index (χ1n) is 9.22. The van der Waals surface area contributed by atoms with Crippen molar-refractivity contribution in [3.05, 3.63) is 0 Å². The van der Waals surface area contributed by atoms with Crippen molar-refractivity contribution in [2.24, 2.45) is 0 Å². The molecule has 0 aromatic rings. The predicted molar refractivity (Wildman–Crippen MR) is 112 cm³/mol. The topological polar surface area (TPSA) is 67.8 Å². The highest BCUT2D eigenvalue weighted by Crippen LogP contribution is 2.30. The molecular formula is C17H35Cl3N4O2. The number of hydrogen-bond donors (Lipinski definition) is 3. The number of nitrogens with zero attached hydrogens (tertiary/aromatic N) is 2. The first kappa shape index (κ1) is 26.2. The molecule has 3 rings (SSSR count). The fourth-order valence-electron chi connectivity index (χ4n) is 4.30. The van der Waals surface area contributed by atoms with E-state index in [1.807, 2.05) is 0 Å². The van der Waals surface area contributed by atoms with Crippen molar-refractivity contribution in [1.29, 1.82) is 0 Å². The Morgan fingerprint density at radius 1 is 1.12 bits per heavy atom. The molecule has 0 radical (unpaired) electrons. The second-order valence-corrected chi connectivity index (χ2v) is 7.64. The molecule has 0 spiro atoms. The maximum Gasteiger partial charge on any atom is 0.237 e. The molecule has 0 aromatic carbocycles. The molecule has 1 amide bonds. The number of aliphatic hydroxyl groups is 1. The zero-order valence-corrected chi connectivity index (χ0v) is 18.1. The average molecular weight is 434 g/mol. The Morgan fingerprint density at radius 2 is 1.73 bits per heavy atom. The van der Waals surface area contributed by atoms with Crippen LogP contribution < -0.4 is 10.6 Å². The Labute approximate surface area is 176 Å². The van der Waals surface area contributed by atoms with Crippen molar-refractivity contribution in [3.8, 4) is 0 Å². The molecular weight excluding hydrogens is 399 g/mol. The molecule has 0 aliphatic carbocycles. The van der Waals surface area contributed by atoms with E-state index in [1.54, 1.807) is 0 Å². The van der Waals surface area contributed by atoms with E-state index in [0.29, 0.717) is 13.0 Å². The van der Waals surface area contributed by atoms with Gasteiger partial charge in [0.2, 0.25) is 5.91 Å². The van der Waals surface area contributed by atoms with Gasteiger partial charge in [-0.05, 0) is 65.3 Å². The number of nitrogens with one attached hydrogen (secondary N) is 2. The van der Waals surface area contributed by atoms with Gasteiger partial charge in [-0.2, -0.15) is 0 Å². The van der Waals surface area contributed by atoms with Crippen molar-refractivity contribution in [2.75, 3.05) is 46.3 Å². The Kier molecular flexibility index (Phi) is 12.0. The van der Waals surface area contributed by atoms with Gasteiger partial charge < -0.3 is 20.6 Å². The van der Waals surface area contributed by atoms with E-state index in [-0.39, 0.29) is 60.8 Å². The van der Waals surface area contributed by atoms with E-state index in [9.17, 15) is 9.90 Å². The lowest BCUT2D eigenvalue weighted by molar-refractivity contribution is -0.124. The second-order valence-electron chi connectivity index (χ2n) is 7.64. The van der Waals surface area contributed by atoms with E-state index in [0.717, 1.165) is 32.5 Å². The molecule has 0 saturated carbocycles. The van der Waals surface area contributed by atoms with E-state index < -0.39 is 0 Å². The van der Waals surface area contributed by atoms with Crippen LogP contribution in [0, 0.1) is 0 Å². The molecule has 3 heterocycles. The molecule has 3 fully saturated rings. The molecule has 0 bridgehead atoms. The first-order valence-corrected chi connectivity index (χ1v) is 9.22. The van der Waals surface area contributed by atoms with Gasteiger partial charge in [0.25, 0.3) is 0 Å². The minimum Gasteiger partial charge on any atom is -0.392 e. The van der Waals surface area contributed by atoms with Crippen LogP contribution in [-0.2, 0) is 4.79 Å². The molecule has 2 unspecified atom stereocenters. The van der Waals surface area contributed by atoms with Crippen molar-refractivity contribution in [2.45, 2.75) is 56.2 Å². The Morgan fingerprint density at radius 3 is 2.27 bits per heavy atom. The van der Waals surface area contributed by atoms with Gasteiger partial charge in [-0.1, -0.05) is 6.42 Å². The maximum atomic E-state index is 12.4. The van der Waals surface area contributed by atoms with Crippen LogP contribution in [-0.4, -0.2) is 84.8 Å². The van der Waals surface area contributed by atoms with E-state index >= 15 is 0 Å². The van der Waals surface area contributed by atoms with Crippen LogP contribution in [0.1, 0.15) is 38.5 Å². The van der Waals surface area contributed by atoms with Gasteiger partial charge in [-0.25, -0.2) is 0 Å². The number of aliphatic hydroxyl groups excluding tert-OH is 1. The number of halogens is 3. The minimum absolute atomic E-state index is 0. The third kappa shape index (κ3) is 6.36. The lowest BCUT2D eigenvalue weighted by atomic mass is 9.84. The van der Waals surface area contributed by atoms with Gasteiger partial charge in [0.1, 0.15) is 0 Å². The smallest absolute Gasteiger partial charge is 0.237 e. The lowest BCUT2D eigenvalue weighted by Gasteiger charge is -2.50. The minimum atomic E-state index is -0.384. The molecule has 156 valence electrons. The number of carbonyl (C=O) groups is 1. The molecule has 3 saturated heterocycles. The summed E-state index contributed by atoms with van der Waals surface area (Å²) in [6.07, 6.45) is 6.30. The van der Waals surface area contributed by atoms with Crippen molar-refractivity contribution < 1.29 is 9.90 Å².